The van der Waals surface area contributed by atoms with Gasteiger partial charge in [0.05, 0.1) is 5.56 Å². The Labute approximate surface area is 95.9 Å². The van der Waals surface area contributed by atoms with Crippen LogP contribution in [0.5, 0.6) is 0 Å². The predicted octanol–water partition coefficient (Wildman–Crippen LogP) is 2.36. The Morgan fingerprint density at radius 1 is 1.50 bits per heavy atom. The van der Waals surface area contributed by atoms with E-state index in [1.54, 1.807) is 12.1 Å². The van der Waals surface area contributed by atoms with Crippen LogP contribution in [0.15, 0.2) is 12.1 Å². The van der Waals surface area contributed by atoms with Crippen LogP contribution in [-0.2, 0) is 0 Å². The Morgan fingerprint density at radius 3 is 2.56 bits per heavy atom. The summed E-state index contributed by atoms with van der Waals surface area (Å²) < 4.78 is 0. The Hall–Kier alpha value is -1.58. The van der Waals surface area contributed by atoms with Crippen LogP contribution in [-0.4, -0.2) is 29.7 Å². The summed E-state index contributed by atoms with van der Waals surface area (Å²) in [6.45, 7) is 6.81. The van der Waals surface area contributed by atoms with Gasteiger partial charge in [0, 0.05) is 19.3 Å². The van der Waals surface area contributed by atoms with Crippen LogP contribution in [0.1, 0.15) is 42.7 Å². The van der Waals surface area contributed by atoms with Crippen molar-refractivity contribution in [3.63, 3.8) is 0 Å². The second kappa shape index (κ2) is 4.96. The zero-order chi connectivity index (χ0) is 12.3. The number of pyridine rings is 1. The van der Waals surface area contributed by atoms with Crippen molar-refractivity contribution in [1.29, 1.82) is 0 Å². The SMILES string of the molecule is CCN(C)c1cc(C(=O)O)cc(C(C)C)n1. The highest BCUT2D eigenvalue weighted by Crippen LogP contribution is 2.19. The molecule has 0 amide bonds. The van der Waals surface area contributed by atoms with E-state index >= 15 is 0 Å². The number of aromatic nitrogens is 1. The third-order valence-corrected chi connectivity index (χ3v) is 2.54. The van der Waals surface area contributed by atoms with Crippen LogP contribution in [0, 0.1) is 0 Å². The molecular formula is C12H18N2O2. The van der Waals surface area contributed by atoms with Crippen molar-refractivity contribution < 1.29 is 9.90 Å². The second-order valence-electron chi connectivity index (χ2n) is 4.11. The van der Waals surface area contributed by atoms with Gasteiger partial charge in [0.2, 0.25) is 0 Å². The average molecular weight is 222 g/mol. The standard InChI is InChI=1S/C12H18N2O2/c1-5-14(4)11-7-9(12(15)16)6-10(13-11)8(2)3/h6-8H,5H2,1-4H3,(H,15,16). The Bertz CT molecular complexity index is 389. The molecule has 4 heteroatoms. The van der Waals surface area contributed by atoms with Crippen LogP contribution in [0.3, 0.4) is 0 Å². The normalized spacial score (nSPS) is 10.6. The van der Waals surface area contributed by atoms with Gasteiger partial charge < -0.3 is 10.0 Å². The lowest BCUT2D eigenvalue weighted by Crippen LogP contribution is -2.18. The van der Waals surface area contributed by atoms with Gasteiger partial charge in [-0.15, -0.1) is 0 Å². The minimum atomic E-state index is -0.907. The van der Waals surface area contributed by atoms with Crippen molar-refractivity contribution in [1.82, 2.24) is 4.98 Å². The molecule has 0 radical (unpaired) electrons. The number of carboxylic acid groups (broad SMARTS) is 1. The molecule has 88 valence electrons. The first-order valence-electron chi connectivity index (χ1n) is 5.42. The molecule has 0 aliphatic rings. The highest BCUT2D eigenvalue weighted by molar-refractivity contribution is 5.88. The van der Waals surface area contributed by atoms with Crippen molar-refractivity contribution in [3.05, 3.63) is 23.4 Å². The molecule has 1 aromatic heterocycles. The summed E-state index contributed by atoms with van der Waals surface area (Å²) in [6, 6.07) is 3.25. The average Bonchev–Trinajstić information content (AvgIpc) is 2.27. The maximum Gasteiger partial charge on any atom is 0.335 e. The molecule has 0 saturated carbocycles. The van der Waals surface area contributed by atoms with E-state index < -0.39 is 5.97 Å². The van der Waals surface area contributed by atoms with E-state index in [9.17, 15) is 4.79 Å². The number of carboxylic acids is 1. The molecule has 0 aliphatic heterocycles. The number of hydrogen-bond donors (Lipinski definition) is 1. The smallest absolute Gasteiger partial charge is 0.335 e. The van der Waals surface area contributed by atoms with Gasteiger partial charge >= 0.3 is 5.97 Å². The molecule has 16 heavy (non-hydrogen) atoms. The number of nitrogens with zero attached hydrogens (tertiary/aromatic N) is 2. The van der Waals surface area contributed by atoms with Crippen LogP contribution in [0.2, 0.25) is 0 Å². The van der Waals surface area contributed by atoms with Crippen molar-refractivity contribution in [3.8, 4) is 0 Å². The van der Waals surface area contributed by atoms with Crippen molar-refractivity contribution >= 4 is 11.8 Å². The lowest BCUT2D eigenvalue weighted by molar-refractivity contribution is 0.0696. The first-order valence-corrected chi connectivity index (χ1v) is 5.42. The molecule has 0 aromatic carbocycles. The molecule has 1 heterocycles. The maximum atomic E-state index is 11.0. The quantitative estimate of drug-likeness (QED) is 0.849. The van der Waals surface area contributed by atoms with Gasteiger partial charge in [0.25, 0.3) is 0 Å². The van der Waals surface area contributed by atoms with Crippen molar-refractivity contribution in [2.24, 2.45) is 0 Å². The largest absolute Gasteiger partial charge is 0.478 e. The van der Waals surface area contributed by atoms with E-state index in [-0.39, 0.29) is 5.92 Å². The molecule has 1 rings (SSSR count). The summed E-state index contributed by atoms with van der Waals surface area (Å²) in [6.07, 6.45) is 0. The third kappa shape index (κ3) is 2.72. The summed E-state index contributed by atoms with van der Waals surface area (Å²) in [4.78, 5) is 17.4. The highest BCUT2D eigenvalue weighted by Gasteiger charge is 2.12. The zero-order valence-corrected chi connectivity index (χ0v) is 10.2. The lowest BCUT2D eigenvalue weighted by atomic mass is 10.1. The van der Waals surface area contributed by atoms with E-state index in [1.165, 1.54) is 0 Å². The van der Waals surface area contributed by atoms with E-state index in [4.69, 9.17) is 5.11 Å². The van der Waals surface area contributed by atoms with E-state index in [0.717, 1.165) is 12.2 Å². The van der Waals surface area contributed by atoms with Crippen LogP contribution in [0.4, 0.5) is 5.82 Å². The molecule has 0 saturated heterocycles. The minimum absolute atomic E-state index is 0.225. The number of anilines is 1. The molecule has 0 spiro atoms. The molecule has 0 fully saturated rings. The van der Waals surface area contributed by atoms with Gasteiger partial charge in [-0.2, -0.15) is 0 Å². The Balaban J connectivity index is 3.24. The summed E-state index contributed by atoms with van der Waals surface area (Å²) in [7, 11) is 1.90. The maximum absolute atomic E-state index is 11.0. The minimum Gasteiger partial charge on any atom is -0.478 e. The molecule has 1 N–H and O–H groups in total. The van der Waals surface area contributed by atoms with E-state index in [0.29, 0.717) is 11.4 Å². The zero-order valence-electron chi connectivity index (χ0n) is 10.2. The fraction of sp³-hybridized carbons (Fsp3) is 0.500. The van der Waals surface area contributed by atoms with Crippen LogP contribution >= 0.6 is 0 Å². The molecule has 1 aromatic rings. The fourth-order valence-electron chi connectivity index (χ4n) is 1.31. The summed E-state index contributed by atoms with van der Waals surface area (Å²) in [5.41, 5.74) is 1.12. The predicted molar refractivity (Wildman–Crippen MR) is 64.2 cm³/mol. The molecule has 0 aliphatic carbocycles. The van der Waals surface area contributed by atoms with Crippen LogP contribution in [0.25, 0.3) is 0 Å². The van der Waals surface area contributed by atoms with Gasteiger partial charge in [0.1, 0.15) is 5.82 Å². The van der Waals surface area contributed by atoms with Crippen LogP contribution < -0.4 is 4.90 Å². The second-order valence-corrected chi connectivity index (χ2v) is 4.11. The number of carbonyl (C=O) groups is 1. The monoisotopic (exact) mass is 222 g/mol. The summed E-state index contributed by atoms with van der Waals surface area (Å²) >= 11 is 0. The summed E-state index contributed by atoms with van der Waals surface area (Å²) in [5.74, 6) is 0.0319. The Morgan fingerprint density at radius 2 is 2.12 bits per heavy atom. The fourth-order valence-corrected chi connectivity index (χ4v) is 1.31. The van der Waals surface area contributed by atoms with E-state index in [2.05, 4.69) is 4.98 Å². The van der Waals surface area contributed by atoms with Gasteiger partial charge in [0.15, 0.2) is 0 Å². The third-order valence-electron chi connectivity index (χ3n) is 2.54. The van der Waals surface area contributed by atoms with Crippen molar-refractivity contribution in [2.75, 3.05) is 18.5 Å². The number of rotatable bonds is 4. The molecule has 0 atom stereocenters. The number of aromatic carboxylic acids is 1. The van der Waals surface area contributed by atoms with Crippen molar-refractivity contribution in [2.45, 2.75) is 26.7 Å². The first kappa shape index (κ1) is 12.5. The first-order chi connectivity index (χ1) is 7.45. The molecule has 0 unspecified atom stereocenters. The van der Waals surface area contributed by atoms with Gasteiger partial charge in [-0.05, 0) is 25.0 Å². The lowest BCUT2D eigenvalue weighted by Gasteiger charge is -2.18. The summed E-state index contributed by atoms with van der Waals surface area (Å²) in [5, 5.41) is 9.02. The molecule has 0 bridgehead atoms. The number of hydrogen-bond acceptors (Lipinski definition) is 3. The van der Waals surface area contributed by atoms with Gasteiger partial charge in [-0.25, -0.2) is 9.78 Å². The van der Waals surface area contributed by atoms with Gasteiger partial charge in [-0.1, -0.05) is 13.8 Å². The topological polar surface area (TPSA) is 53.4 Å². The highest BCUT2D eigenvalue weighted by atomic mass is 16.4. The molecule has 4 nitrogen and oxygen atoms in total. The molecular weight excluding hydrogens is 204 g/mol. The van der Waals surface area contributed by atoms with Gasteiger partial charge in [-0.3, -0.25) is 0 Å². The van der Waals surface area contributed by atoms with E-state index in [1.807, 2.05) is 32.7 Å². The Kier molecular flexibility index (Phi) is 3.88.